The van der Waals surface area contributed by atoms with Crippen molar-refractivity contribution >= 4 is 17.9 Å². The minimum absolute atomic E-state index is 0.151. The first-order valence-corrected chi connectivity index (χ1v) is 13.0. The molecule has 0 spiro atoms. The van der Waals surface area contributed by atoms with Gasteiger partial charge in [0.25, 0.3) is 0 Å². The van der Waals surface area contributed by atoms with Crippen LogP contribution in [-0.2, 0) is 14.3 Å². The van der Waals surface area contributed by atoms with Crippen LogP contribution in [0.4, 0.5) is 4.79 Å². The third-order valence-electron chi connectivity index (χ3n) is 6.31. The summed E-state index contributed by atoms with van der Waals surface area (Å²) in [5, 5.41) is 5.84. The lowest BCUT2D eigenvalue weighted by Gasteiger charge is -2.39. The van der Waals surface area contributed by atoms with Gasteiger partial charge in [0.05, 0.1) is 0 Å². The summed E-state index contributed by atoms with van der Waals surface area (Å²) in [6.45, 7) is 17.8. The predicted octanol–water partition coefficient (Wildman–Crippen LogP) is 5.52. The molecule has 0 radical (unpaired) electrons. The highest BCUT2D eigenvalue weighted by molar-refractivity contribution is 5.92. The Morgan fingerprint density at radius 1 is 1.03 bits per heavy atom. The van der Waals surface area contributed by atoms with Gasteiger partial charge in [0.15, 0.2) is 0 Å². The number of aryl methyl sites for hydroxylation is 1. The van der Waals surface area contributed by atoms with Crippen molar-refractivity contribution in [2.24, 2.45) is 5.92 Å². The van der Waals surface area contributed by atoms with Gasteiger partial charge in [-0.15, -0.1) is 0 Å². The van der Waals surface area contributed by atoms with Crippen molar-refractivity contribution in [3.8, 4) is 0 Å². The summed E-state index contributed by atoms with van der Waals surface area (Å²) >= 11 is 0. The first-order valence-electron chi connectivity index (χ1n) is 13.0. The molecule has 0 aromatic heterocycles. The molecule has 0 saturated carbocycles. The highest BCUT2D eigenvalue weighted by Crippen LogP contribution is 2.29. The molecule has 0 saturated heterocycles. The molecular formula is C28H47N3O4. The van der Waals surface area contributed by atoms with Gasteiger partial charge in [-0.1, -0.05) is 64.8 Å². The van der Waals surface area contributed by atoms with Crippen LogP contribution in [0.1, 0.15) is 98.2 Å². The van der Waals surface area contributed by atoms with E-state index >= 15 is 0 Å². The lowest BCUT2D eigenvalue weighted by Crippen LogP contribution is -2.57. The smallest absolute Gasteiger partial charge is 0.408 e. The molecule has 0 bridgehead atoms. The van der Waals surface area contributed by atoms with Crippen LogP contribution in [0.3, 0.4) is 0 Å². The SMILES string of the molecule is CCCCNC(=O)C(c1ccccc1C)N(C(=O)C(NC(=O)OC(C)(C)C)C(C)CC)C(C)CC. The molecule has 198 valence electrons. The second-order valence-corrected chi connectivity index (χ2v) is 10.4. The van der Waals surface area contributed by atoms with Gasteiger partial charge in [-0.05, 0) is 64.5 Å². The quantitative estimate of drug-likeness (QED) is 0.379. The first-order chi connectivity index (χ1) is 16.4. The summed E-state index contributed by atoms with van der Waals surface area (Å²) in [4.78, 5) is 42.1. The third-order valence-corrected chi connectivity index (χ3v) is 6.31. The Bertz CT molecular complexity index is 834. The van der Waals surface area contributed by atoms with E-state index in [1.807, 2.05) is 58.9 Å². The Labute approximate surface area is 212 Å². The van der Waals surface area contributed by atoms with Gasteiger partial charge in [0.1, 0.15) is 17.7 Å². The Morgan fingerprint density at radius 3 is 2.17 bits per heavy atom. The lowest BCUT2D eigenvalue weighted by molar-refractivity contribution is -0.146. The fourth-order valence-electron chi connectivity index (χ4n) is 3.87. The Hall–Kier alpha value is -2.57. The topological polar surface area (TPSA) is 87.7 Å². The number of carbonyl (C=O) groups excluding carboxylic acids is 3. The van der Waals surface area contributed by atoms with E-state index in [2.05, 4.69) is 17.6 Å². The number of hydrogen-bond donors (Lipinski definition) is 2. The third kappa shape index (κ3) is 9.19. The molecule has 2 N–H and O–H groups in total. The fraction of sp³-hybridized carbons (Fsp3) is 0.679. The highest BCUT2D eigenvalue weighted by atomic mass is 16.6. The molecule has 1 aromatic carbocycles. The number of ether oxygens (including phenoxy) is 1. The van der Waals surface area contributed by atoms with Crippen LogP contribution >= 0.6 is 0 Å². The van der Waals surface area contributed by atoms with Crippen LogP contribution in [0.2, 0.25) is 0 Å². The number of amides is 3. The fourth-order valence-corrected chi connectivity index (χ4v) is 3.87. The zero-order valence-corrected chi connectivity index (χ0v) is 23.2. The van der Waals surface area contributed by atoms with E-state index < -0.39 is 23.8 Å². The van der Waals surface area contributed by atoms with Gasteiger partial charge in [0.2, 0.25) is 11.8 Å². The number of hydrogen-bond acceptors (Lipinski definition) is 4. The predicted molar refractivity (Wildman–Crippen MR) is 141 cm³/mol. The molecular weight excluding hydrogens is 442 g/mol. The van der Waals surface area contributed by atoms with E-state index in [0.29, 0.717) is 19.4 Å². The van der Waals surface area contributed by atoms with Gasteiger partial charge in [-0.25, -0.2) is 4.79 Å². The van der Waals surface area contributed by atoms with E-state index in [9.17, 15) is 14.4 Å². The van der Waals surface area contributed by atoms with Crippen molar-refractivity contribution in [2.45, 2.75) is 112 Å². The minimum atomic E-state index is -0.821. The van der Waals surface area contributed by atoms with Gasteiger partial charge in [-0.2, -0.15) is 0 Å². The van der Waals surface area contributed by atoms with Gasteiger partial charge < -0.3 is 20.3 Å². The molecule has 7 heteroatoms. The number of alkyl carbamates (subject to hydrolysis) is 1. The van der Waals surface area contributed by atoms with Crippen molar-refractivity contribution < 1.29 is 19.1 Å². The molecule has 0 aliphatic heterocycles. The van der Waals surface area contributed by atoms with Gasteiger partial charge in [0, 0.05) is 12.6 Å². The van der Waals surface area contributed by atoms with Crippen molar-refractivity contribution in [2.75, 3.05) is 6.54 Å². The average Bonchev–Trinajstić information content (AvgIpc) is 2.79. The Kier molecular flexibility index (Phi) is 12.3. The van der Waals surface area contributed by atoms with E-state index in [-0.39, 0.29) is 23.8 Å². The monoisotopic (exact) mass is 489 g/mol. The maximum atomic E-state index is 14.2. The van der Waals surface area contributed by atoms with Crippen LogP contribution in [0.25, 0.3) is 0 Å². The molecule has 1 rings (SSSR count). The van der Waals surface area contributed by atoms with Crippen LogP contribution in [0, 0.1) is 12.8 Å². The van der Waals surface area contributed by atoms with Crippen LogP contribution in [0.5, 0.6) is 0 Å². The zero-order valence-electron chi connectivity index (χ0n) is 23.2. The Balaban J connectivity index is 3.52. The maximum Gasteiger partial charge on any atom is 0.408 e. The largest absolute Gasteiger partial charge is 0.444 e. The second kappa shape index (κ2) is 14.1. The van der Waals surface area contributed by atoms with Crippen LogP contribution < -0.4 is 10.6 Å². The van der Waals surface area contributed by atoms with E-state index in [4.69, 9.17) is 4.74 Å². The Morgan fingerprint density at radius 2 is 1.66 bits per heavy atom. The van der Waals surface area contributed by atoms with E-state index in [1.54, 1.807) is 25.7 Å². The van der Waals surface area contributed by atoms with E-state index in [1.165, 1.54) is 0 Å². The van der Waals surface area contributed by atoms with Crippen molar-refractivity contribution in [1.82, 2.24) is 15.5 Å². The van der Waals surface area contributed by atoms with Crippen LogP contribution in [-0.4, -0.2) is 47.0 Å². The molecule has 1 aromatic rings. The number of nitrogens with zero attached hydrogens (tertiary/aromatic N) is 1. The number of benzene rings is 1. The summed E-state index contributed by atoms with van der Waals surface area (Å²) in [5.74, 6) is -0.637. The molecule has 4 unspecified atom stereocenters. The van der Waals surface area contributed by atoms with Gasteiger partial charge >= 0.3 is 6.09 Å². The zero-order chi connectivity index (χ0) is 26.8. The standard InChI is InChI=1S/C28H47N3O4/c1-10-13-18-29-25(32)24(22-17-15-14-16-20(22)5)31(21(6)12-3)26(33)23(19(4)11-2)30-27(34)35-28(7,8)9/h14-17,19,21,23-24H,10-13,18H2,1-9H3,(H,29,32)(H,30,34). The summed E-state index contributed by atoms with van der Waals surface area (Å²) in [6.07, 6.45) is 2.52. The first kappa shape index (κ1) is 30.5. The van der Waals surface area contributed by atoms with Crippen molar-refractivity contribution in [3.05, 3.63) is 35.4 Å². The molecule has 35 heavy (non-hydrogen) atoms. The molecule has 0 fully saturated rings. The summed E-state index contributed by atoms with van der Waals surface area (Å²) in [7, 11) is 0. The average molecular weight is 490 g/mol. The number of rotatable bonds is 12. The molecule has 3 amide bonds. The van der Waals surface area contributed by atoms with E-state index in [0.717, 1.165) is 24.0 Å². The highest BCUT2D eigenvalue weighted by Gasteiger charge is 2.40. The second-order valence-electron chi connectivity index (χ2n) is 10.4. The maximum absolute atomic E-state index is 14.2. The van der Waals surface area contributed by atoms with Crippen molar-refractivity contribution in [1.29, 1.82) is 0 Å². The van der Waals surface area contributed by atoms with Gasteiger partial charge in [-0.3, -0.25) is 9.59 Å². The molecule has 4 atom stereocenters. The molecule has 0 heterocycles. The van der Waals surface area contributed by atoms with Crippen LogP contribution in [0.15, 0.2) is 24.3 Å². The summed E-state index contributed by atoms with van der Waals surface area (Å²) < 4.78 is 5.46. The lowest BCUT2D eigenvalue weighted by atomic mass is 9.93. The molecule has 0 aliphatic rings. The molecule has 7 nitrogen and oxygen atoms in total. The van der Waals surface area contributed by atoms with Crippen molar-refractivity contribution in [3.63, 3.8) is 0 Å². The minimum Gasteiger partial charge on any atom is -0.444 e. The summed E-state index contributed by atoms with van der Waals surface area (Å²) in [6, 6.07) is 5.82. The number of unbranched alkanes of at least 4 members (excludes halogenated alkanes) is 1. The normalized spacial score (nSPS) is 14.9. The summed E-state index contributed by atoms with van der Waals surface area (Å²) in [5.41, 5.74) is 1.03. The number of nitrogens with one attached hydrogen (secondary N) is 2. The number of carbonyl (C=O) groups is 3. The molecule has 0 aliphatic carbocycles.